The van der Waals surface area contributed by atoms with Gasteiger partial charge in [-0.3, -0.25) is 0 Å². The second-order valence-corrected chi connectivity index (χ2v) is 7.52. The summed E-state index contributed by atoms with van der Waals surface area (Å²) in [5.74, 6) is 0.650. The summed E-state index contributed by atoms with van der Waals surface area (Å²) in [4.78, 5) is 23.2. The molecule has 1 amide bonds. The molecule has 2 rings (SSSR count). The SMILES string of the molecule is CCOC(=O)COc1ccc2c(c1)CC(CNC(=O)OC(C)(C)C)CC2. The zero-order valence-corrected chi connectivity index (χ0v) is 16.1. The van der Waals surface area contributed by atoms with E-state index in [1.165, 1.54) is 11.1 Å². The fourth-order valence-electron chi connectivity index (χ4n) is 2.96. The molecule has 0 saturated carbocycles. The minimum Gasteiger partial charge on any atom is -0.482 e. The van der Waals surface area contributed by atoms with Crippen molar-refractivity contribution in [3.8, 4) is 5.75 Å². The van der Waals surface area contributed by atoms with E-state index in [4.69, 9.17) is 14.2 Å². The average molecular weight is 363 g/mol. The Balaban J connectivity index is 1.87. The molecular formula is C20H29NO5. The number of nitrogens with one attached hydrogen (secondary N) is 1. The van der Waals surface area contributed by atoms with Gasteiger partial charge in [0.25, 0.3) is 0 Å². The first-order valence-electron chi connectivity index (χ1n) is 9.14. The van der Waals surface area contributed by atoms with Crippen LogP contribution in [0.4, 0.5) is 4.79 Å². The van der Waals surface area contributed by atoms with Gasteiger partial charge in [-0.05, 0) is 76.1 Å². The average Bonchev–Trinajstić information content (AvgIpc) is 2.56. The maximum atomic E-state index is 11.8. The van der Waals surface area contributed by atoms with Gasteiger partial charge in [-0.15, -0.1) is 0 Å². The first-order chi connectivity index (χ1) is 12.3. The molecule has 1 atom stereocenters. The predicted octanol–water partition coefficient (Wildman–Crippen LogP) is 3.26. The van der Waals surface area contributed by atoms with Crippen LogP contribution in [0.3, 0.4) is 0 Å². The highest BCUT2D eigenvalue weighted by atomic mass is 16.6. The molecule has 1 aromatic rings. The van der Waals surface area contributed by atoms with Gasteiger partial charge in [0.05, 0.1) is 6.61 Å². The van der Waals surface area contributed by atoms with E-state index in [9.17, 15) is 9.59 Å². The molecule has 0 fully saturated rings. The van der Waals surface area contributed by atoms with E-state index in [1.54, 1.807) is 6.92 Å². The van der Waals surface area contributed by atoms with Crippen LogP contribution >= 0.6 is 0 Å². The summed E-state index contributed by atoms with van der Waals surface area (Å²) in [6.45, 7) is 8.16. The third kappa shape index (κ3) is 6.58. The molecule has 0 saturated heterocycles. The highest BCUT2D eigenvalue weighted by Crippen LogP contribution is 2.28. The number of rotatable bonds is 6. The summed E-state index contributed by atoms with van der Waals surface area (Å²) in [7, 11) is 0. The zero-order chi connectivity index (χ0) is 19.2. The Labute approximate surface area is 155 Å². The van der Waals surface area contributed by atoms with Crippen LogP contribution in [-0.4, -0.2) is 37.4 Å². The van der Waals surface area contributed by atoms with Gasteiger partial charge in [-0.1, -0.05) is 6.07 Å². The van der Waals surface area contributed by atoms with Crippen molar-refractivity contribution in [2.45, 2.75) is 52.6 Å². The van der Waals surface area contributed by atoms with Crippen LogP contribution in [0.25, 0.3) is 0 Å². The molecule has 1 unspecified atom stereocenters. The molecule has 1 N–H and O–H groups in total. The van der Waals surface area contributed by atoms with Crippen molar-refractivity contribution in [2.24, 2.45) is 5.92 Å². The topological polar surface area (TPSA) is 73.9 Å². The number of benzene rings is 1. The number of carbonyl (C=O) groups is 2. The Kier molecular flexibility index (Phi) is 6.89. The van der Waals surface area contributed by atoms with Gasteiger partial charge in [-0.25, -0.2) is 9.59 Å². The number of hydrogen-bond donors (Lipinski definition) is 1. The number of carbonyl (C=O) groups excluding carboxylic acids is 2. The van der Waals surface area contributed by atoms with Crippen molar-refractivity contribution in [3.63, 3.8) is 0 Å². The lowest BCUT2D eigenvalue weighted by Gasteiger charge is -2.26. The Morgan fingerprint density at radius 2 is 2.00 bits per heavy atom. The zero-order valence-electron chi connectivity index (χ0n) is 16.1. The van der Waals surface area contributed by atoms with Crippen molar-refractivity contribution in [2.75, 3.05) is 19.8 Å². The number of alkyl carbamates (subject to hydrolysis) is 1. The normalized spacial score (nSPS) is 16.4. The van der Waals surface area contributed by atoms with Gasteiger partial charge >= 0.3 is 12.1 Å². The van der Waals surface area contributed by atoms with E-state index < -0.39 is 5.60 Å². The van der Waals surface area contributed by atoms with Gasteiger partial charge in [0.2, 0.25) is 0 Å². The van der Waals surface area contributed by atoms with Crippen LogP contribution < -0.4 is 10.1 Å². The quantitative estimate of drug-likeness (QED) is 0.785. The fraction of sp³-hybridized carbons (Fsp3) is 0.600. The van der Waals surface area contributed by atoms with Crippen molar-refractivity contribution >= 4 is 12.1 Å². The Morgan fingerprint density at radius 3 is 2.69 bits per heavy atom. The summed E-state index contributed by atoms with van der Waals surface area (Å²) in [5, 5.41) is 2.85. The lowest BCUT2D eigenvalue weighted by Crippen LogP contribution is -2.36. The summed E-state index contributed by atoms with van der Waals surface area (Å²) in [6, 6.07) is 5.92. The molecule has 144 valence electrons. The van der Waals surface area contributed by atoms with E-state index in [2.05, 4.69) is 5.32 Å². The third-order valence-corrected chi connectivity index (χ3v) is 4.10. The Morgan fingerprint density at radius 1 is 1.23 bits per heavy atom. The number of hydrogen-bond acceptors (Lipinski definition) is 5. The first-order valence-corrected chi connectivity index (χ1v) is 9.14. The van der Waals surface area contributed by atoms with E-state index in [-0.39, 0.29) is 18.7 Å². The van der Waals surface area contributed by atoms with Gasteiger partial charge in [-0.2, -0.15) is 0 Å². The van der Waals surface area contributed by atoms with Crippen molar-refractivity contribution in [3.05, 3.63) is 29.3 Å². The number of amides is 1. The molecule has 0 aromatic heterocycles. The van der Waals surface area contributed by atoms with Crippen LogP contribution in [0.2, 0.25) is 0 Å². The molecule has 0 radical (unpaired) electrons. The molecule has 0 spiro atoms. The molecule has 1 aromatic carbocycles. The predicted molar refractivity (Wildman–Crippen MR) is 98.3 cm³/mol. The van der Waals surface area contributed by atoms with E-state index in [0.29, 0.717) is 24.8 Å². The van der Waals surface area contributed by atoms with Gasteiger partial charge < -0.3 is 19.5 Å². The molecular weight excluding hydrogens is 334 g/mol. The standard InChI is InChI=1S/C20H29NO5/c1-5-24-18(22)13-25-17-9-8-15-7-6-14(10-16(15)11-17)12-21-19(23)26-20(2,3)4/h8-9,11,14H,5-7,10,12-13H2,1-4H3,(H,21,23). The summed E-state index contributed by atoms with van der Waals surface area (Å²) in [5.41, 5.74) is 2.00. The molecule has 1 aliphatic carbocycles. The van der Waals surface area contributed by atoms with Crippen LogP contribution in [0.1, 0.15) is 45.2 Å². The molecule has 1 aliphatic rings. The third-order valence-electron chi connectivity index (χ3n) is 4.10. The van der Waals surface area contributed by atoms with E-state index in [0.717, 1.165) is 19.3 Å². The van der Waals surface area contributed by atoms with Crippen molar-refractivity contribution in [1.29, 1.82) is 0 Å². The summed E-state index contributed by atoms with van der Waals surface area (Å²) >= 11 is 0. The minimum absolute atomic E-state index is 0.0870. The lowest BCUT2D eigenvalue weighted by molar-refractivity contribution is -0.145. The van der Waals surface area contributed by atoms with E-state index >= 15 is 0 Å². The first kappa shape index (κ1) is 20.1. The molecule has 0 bridgehead atoms. The van der Waals surface area contributed by atoms with Crippen LogP contribution in [0, 0.1) is 5.92 Å². The van der Waals surface area contributed by atoms with Gasteiger partial charge in [0, 0.05) is 6.54 Å². The maximum absolute atomic E-state index is 11.8. The van der Waals surface area contributed by atoms with E-state index in [1.807, 2.05) is 39.0 Å². The molecule has 6 heteroatoms. The molecule has 0 aliphatic heterocycles. The molecule has 6 nitrogen and oxygen atoms in total. The smallest absolute Gasteiger partial charge is 0.407 e. The molecule has 26 heavy (non-hydrogen) atoms. The second kappa shape index (κ2) is 8.92. The van der Waals surface area contributed by atoms with Crippen molar-refractivity contribution < 1.29 is 23.8 Å². The summed E-state index contributed by atoms with van der Waals surface area (Å²) < 4.78 is 15.7. The van der Waals surface area contributed by atoms with Crippen molar-refractivity contribution in [1.82, 2.24) is 5.32 Å². The minimum atomic E-state index is -0.492. The van der Waals surface area contributed by atoms with Crippen LogP contribution in [0.5, 0.6) is 5.75 Å². The fourth-order valence-corrected chi connectivity index (χ4v) is 2.96. The number of fused-ring (bicyclic) bond motifs is 1. The number of ether oxygens (including phenoxy) is 3. The number of esters is 1. The van der Waals surface area contributed by atoms with Crippen LogP contribution in [0.15, 0.2) is 18.2 Å². The second-order valence-electron chi connectivity index (χ2n) is 7.52. The summed E-state index contributed by atoms with van der Waals surface area (Å²) in [6.07, 6.45) is 2.47. The van der Waals surface area contributed by atoms with Crippen LogP contribution in [-0.2, 0) is 27.1 Å². The molecule has 0 heterocycles. The Bertz CT molecular complexity index is 636. The monoisotopic (exact) mass is 363 g/mol. The van der Waals surface area contributed by atoms with Gasteiger partial charge in [0.1, 0.15) is 11.4 Å². The highest BCUT2D eigenvalue weighted by molar-refractivity contribution is 5.71. The largest absolute Gasteiger partial charge is 0.482 e. The lowest BCUT2D eigenvalue weighted by atomic mass is 9.84. The Hall–Kier alpha value is -2.24. The van der Waals surface area contributed by atoms with Gasteiger partial charge in [0.15, 0.2) is 6.61 Å². The maximum Gasteiger partial charge on any atom is 0.407 e. The highest BCUT2D eigenvalue weighted by Gasteiger charge is 2.21. The number of aryl methyl sites for hydroxylation is 1.